The van der Waals surface area contributed by atoms with Crippen molar-refractivity contribution < 1.29 is 9.53 Å². The molecule has 0 spiro atoms. The van der Waals surface area contributed by atoms with E-state index in [9.17, 15) is 4.79 Å². The lowest BCUT2D eigenvalue weighted by atomic mass is 10.2. The summed E-state index contributed by atoms with van der Waals surface area (Å²) in [6.07, 6.45) is 0.677. The quantitative estimate of drug-likeness (QED) is 0.711. The number of aryl methyl sites for hydroxylation is 1. The van der Waals surface area contributed by atoms with Gasteiger partial charge in [-0.05, 0) is 30.3 Å². The number of carbonyl (C=O) groups is 1. The molecule has 3 rings (SSSR count). The van der Waals surface area contributed by atoms with Gasteiger partial charge in [-0.3, -0.25) is 4.79 Å². The molecule has 2 aromatic carbocycles. The molecule has 0 saturated heterocycles. The maximum absolute atomic E-state index is 12.1. The van der Waals surface area contributed by atoms with E-state index in [0.717, 1.165) is 10.9 Å². The molecule has 0 aliphatic carbocycles. The number of para-hydroxylation sites is 1. The summed E-state index contributed by atoms with van der Waals surface area (Å²) in [5.41, 5.74) is 1.33. The zero-order valence-corrected chi connectivity index (χ0v) is 14.9. The minimum Gasteiger partial charge on any atom is -0.467 e. The predicted octanol–water partition coefficient (Wildman–Crippen LogP) is 4.52. The number of halogens is 2. The number of amides is 1. The molecule has 1 aromatic heterocycles. The smallest absolute Gasteiger partial charge is 0.262 e. The Morgan fingerprint density at radius 3 is 2.68 bits per heavy atom. The highest BCUT2D eigenvalue weighted by atomic mass is 35.5. The number of ether oxygens (including phenoxy) is 1. The summed E-state index contributed by atoms with van der Waals surface area (Å²) in [4.78, 5) is 20.9. The standard InChI is InChI=1S/C18H15Cl2N3O2/c1-2-16-22-15-6-4-3-5-12(15)18(23-16)25-10-17(24)21-11-7-8-13(19)14(20)9-11/h3-9H,2,10H2,1H3,(H,21,24). The number of carbonyl (C=O) groups excluding carboxylic acids is 1. The molecule has 0 saturated carbocycles. The molecule has 1 heterocycles. The van der Waals surface area contributed by atoms with E-state index in [1.807, 2.05) is 31.2 Å². The molecule has 0 atom stereocenters. The van der Waals surface area contributed by atoms with Crippen LogP contribution in [0.5, 0.6) is 5.88 Å². The lowest BCUT2D eigenvalue weighted by Crippen LogP contribution is -2.20. The van der Waals surface area contributed by atoms with Gasteiger partial charge in [-0.1, -0.05) is 42.3 Å². The van der Waals surface area contributed by atoms with Crippen molar-refractivity contribution in [3.05, 3.63) is 58.3 Å². The highest BCUT2D eigenvalue weighted by Crippen LogP contribution is 2.25. The largest absolute Gasteiger partial charge is 0.467 e. The van der Waals surface area contributed by atoms with Crippen molar-refractivity contribution in [3.8, 4) is 5.88 Å². The summed E-state index contributed by atoms with van der Waals surface area (Å²) in [5, 5.41) is 4.27. The monoisotopic (exact) mass is 375 g/mol. The molecule has 0 aliphatic rings. The molecule has 0 radical (unpaired) electrons. The van der Waals surface area contributed by atoms with Crippen LogP contribution in [0.2, 0.25) is 10.0 Å². The first-order chi connectivity index (χ1) is 12.1. The molecule has 7 heteroatoms. The third-order valence-corrected chi connectivity index (χ3v) is 4.21. The molecule has 3 aromatic rings. The van der Waals surface area contributed by atoms with E-state index >= 15 is 0 Å². The van der Waals surface area contributed by atoms with Gasteiger partial charge in [0.05, 0.1) is 20.9 Å². The van der Waals surface area contributed by atoms with Crippen LogP contribution in [-0.4, -0.2) is 22.5 Å². The van der Waals surface area contributed by atoms with Crippen LogP contribution < -0.4 is 10.1 Å². The Labute approximate surface area is 155 Å². The number of anilines is 1. The number of aromatic nitrogens is 2. The lowest BCUT2D eigenvalue weighted by molar-refractivity contribution is -0.118. The highest BCUT2D eigenvalue weighted by Gasteiger charge is 2.11. The average Bonchev–Trinajstić information content (AvgIpc) is 2.62. The van der Waals surface area contributed by atoms with Crippen LogP contribution in [0.4, 0.5) is 5.69 Å². The predicted molar refractivity (Wildman–Crippen MR) is 99.5 cm³/mol. The molecule has 0 fully saturated rings. The number of nitrogens with one attached hydrogen (secondary N) is 1. The van der Waals surface area contributed by atoms with Gasteiger partial charge in [-0.25, -0.2) is 4.98 Å². The summed E-state index contributed by atoms with van der Waals surface area (Å²) in [6.45, 7) is 1.79. The van der Waals surface area contributed by atoms with Gasteiger partial charge >= 0.3 is 0 Å². The third-order valence-electron chi connectivity index (χ3n) is 3.47. The third kappa shape index (κ3) is 4.18. The van der Waals surface area contributed by atoms with Crippen LogP contribution in [-0.2, 0) is 11.2 Å². The van der Waals surface area contributed by atoms with Crippen LogP contribution in [0, 0.1) is 0 Å². The van der Waals surface area contributed by atoms with Gasteiger partial charge in [-0.15, -0.1) is 0 Å². The van der Waals surface area contributed by atoms with E-state index in [-0.39, 0.29) is 12.5 Å². The van der Waals surface area contributed by atoms with Gasteiger partial charge in [0.25, 0.3) is 5.91 Å². The summed E-state index contributed by atoms with van der Waals surface area (Å²) in [7, 11) is 0. The second kappa shape index (κ2) is 7.68. The minimum absolute atomic E-state index is 0.176. The van der Waals surface area contributed by atoms with Crippen molar-refractivity contribution >= 4 is 45.7 Å². The zero-order chi connectivity index (χ0) is 17.8. The van der Waals surface area contributed by atoms with E-state index in [1.54, 1.807) is 18.2 Å². The maximum Gasteiger partial charge on any atom is 0.262 e. The number of fused-ring (bicyclic) bond motifs is 1. The van der Waals surface area contributed by atoms with E-state index in [4.69, 9.17) is 27.9 Å². The fraction of sp³-hybridized carbons (Fsp3) is 0.167. The van der Waals surface area contributed by atoms with Crippen molar-refractivity contribution in [3.63, 3.8) is 0 Å². The van der Waals surface area contributed by atoms with Crippen molar-refractivity contribution in [1.82, 2.24) is 9.97 Å². The second-order valence-corrected chi connectivity index (χ2v) is 6.10. The number of benzene rings is 2. The minimum atomic E-state index is -0.320. The first-order valence-electron chi connectivity index (χ1n) is 7.70. The van der Waals surface area contributed by atoms with Crippen molar-refractivity contribution in [2.24, 2.45) is 0 Å². The topological polar surface area (TPSA) is 64.1 Å². The maximum atomic E-state index is 12.1. The van der Waals surface area contributed by atoms with Gasteiger partial charge < -0.3 is 10.1 Å². The van der Waals surface area contributed by atoms with Gasteiger partial charge in [0.2, 0.25) is 5.88 Å². The van der Waals surface area contributed by atoms with Gasteiger partial charge in [-0.2, -0.15) is 4.98 Å². The molecule has 25 heavy (non-hydrogen) atoms. The van der Waals surface area contributed by atoms with Gasteiger partial charge in [0.1, 0.15) is 5.82 Å². The molecule has 5 nitrogen and oxygen atoms in total. The second-order valence-electron chi connectivity index (χ2n) is 5.28. The molecule has 0 bridgehead atoms. The van der Waals surface area contributed by atoms with E-state index in [1.165, 1.54) is 0 Å². The molecule has 0 aliphatic heterocycles. The van der Waals surface area contributed by atoms with E-state index < -0.39 is 0 Å². The lowest BCUT2D eigenvalue weighted by Gasteiger charge is -2.10. The molecular weight excluding hydrogens is 361 g/mol. The van der Waals surface area contributed by atoms with Crippen molar-refractivity contribution in [2.75, 3.05) is 11.9 Å². The van der Waals surface area contributed by atoms with Crippen molar-refractivity contribution in [2.45, 2.75) is 13.3 Å². The first kappa shape index (κ1) is 17.5. The molecule has 1 amide bonds. The van der Waals surface area contributed by atoms with E-state index in [2.05, 4.69) is 15.3 Å². The van der Waals surface area contributed by atoms with Gasteiger partial charge in [0, 0.05) is 12.1 Å². The molecule has 1 N–H and O–H groups in total. The molecule has 0 unspecified atom stereocenters. The molecular formula is C18H15Cl2N3O2. The van der Waals surface area contributed by atoms with E-state index in [0.29, 0.717) is 33.9 Å². The summed E-state index contributed by atoms with van der Waals surface area (Å²) >= 11 is 11.8. The highest BCUT2D eigenvalue weighted by molar-refractivity contribution is 6.42. The number of hydrogen-bond acceptors (Lipinski definition) is 4. The van der Waals surface area contributed by atoms with Crippen LogP contribution in [0.25, 0.3) is 10.9 Å². The fourth-order valence-corrected chi connectivity index (χ4v) is 2.56. The summed E-state index contributed by atoms with van der Waals surface area (Å²) in [6, 6.07) is 12.4. The zero-order valence-electron chi connectivity index (χ0n) is 13.4. The SMILES string of the molecule is CCc1nc(OCC(=O)Nc2ccc(Cl)c(Cl)c2)c2ccccc2n1. The average molecular weight is 376 g/mol. The van der Waals surface area contributed by atoms with Crippen LogP contribution in [0.1, 0.15) is 12.7 Å². The number of hydrogen-bond donors (Lipinski definition) is 1. The Kier molecular flexibility index (Phi) is 5.36. The Morgan fingerprint density at radius 1 is 1.12 bits per heavy atom. The van der Waals surface area contributed by atoms with Gasteiger partial charge in [0.15, 0.2) is 6.61 Å². The summed E-state index contributed by atoms with van der Waals surface area (Å²) < 4.78 is 5.63. The number of nitrogens with zero attached hydrogens (tertiary/aromatic N) is 2. The Hall–Kier alpha value is -2.37. The first-order valence-corrected chi connectivity index (χ1v) is 8.45. The Morgan fingerprint density at radius 2 is 1.92 bits per heavy atom. The Balaban J connectivity index is 1.73. The van der Waals surface area contributed by atoms with Crippen molar-refractivity contribution in [1.29, 1.82) is 0 Å². The Bertz CT molecular complexity index is 931. The number of rotatable bonds is 5. The van der Waals surface area contributed by atoms with Crippen LogP contribution in [0.15, 0.2) is 42.5 Å². The summed E-state index contributed by atoms with van der Waals surface area (Å²) in [5.74, 6) is 0.740. The normalized spacial score (nSPS) is 10.7. The fourth-order valence-electron chi connectivity index (χ4n) is 2.27. The van der Waals surface area contributed by atoms with Crippen LogP contribution in [0.3, 0.4) is 0 Å². The van der Waals surface area contributed by atoms with Crippen LogP contribution >= 0.6 is 23.2 Å². The molecule has 128 valence electrons.